The van der Waals surface area contributed by atoms with Crippen LogP contribution in [-0.4, -0.2) is 25.2 Å². The van der Waals surface area contributed by atoms with Crippen molar-refractivity contribution in [2.45, 2.75) is 18.5 Å². The standard InChI is InChI=1S/C11H12ClFN2/c12-7-1-2-11(10(13)3-7)15-6-8-4-9(15)5-14-8/h1-3,8-9,14H,4-6H2/t8-,9-/m1/s1. The van der Waals surface area contributed by atoms with E-state index in [1.165, 1.54) is 6.07 Å². The normalized spacial score (nSPS) is 28.8. The lowest BCUT2D eigenvalue weighted by Crippen LogP contribution is -2.43. The molecule has 1 N–H and O–H groups in total. The lowest BCUT2D eigenvalue weighted by molar-refractivity contribution is 0.561. The Morgan fingerprint density at radius 3 is 2.93 bits per heavy atom. The maximum atomic E-state index is 13.7. The van der Waals surface area contributed by atoms with Crippen molar-refractivity contribution in [3.05, 3.63) is 29.0 Å². The van der Waals surface area contributed by atoms with Crippen molar-refractivity contribution in [1.82, 2.24) is 5.32 Å². The van der Waals surface area contributed by atoms with Crippen LogP contribution < -0.4 is 10.2 Å². The molecule has 2 fully saturated rings. The Balaban J connectivity index is 1.93. The van der Waals surface area contributed by atoms with Gasteiger partial charge in [-0.1, -0.05) is 11.6 Å². The van der Waals surface area contributed by atoms with Crippen LogP contribution in [0.15, 0.2) is 18.2 Å². The monoisotopic (exact) mass is 226 g/mol. The third-order valence-electron chi connectivity index (χ3n) is 3.28. The number of fused-ring (bicyclic) bond motifs is 2. The van der Waals surface area contributed by atoms with Crippen molar-refractivity contribution in [1.29, 1.82) is 0 Å². The summed E-state index contributed by atoms with van der Waals surface area (Å²) in [6.45, 7) is 1.87. The van der Waals surface area contributed by atoms with Gasteiger partial charge in [0, 0.05) is 30.2 Å². The third kappa shape index (κ3) is 1.50. The van der Waals surface area contributed by atoms with E-state index >= 15 is 0 Å². The van der Waals surface area contributed by atoms with Gasteiger partial charge in [0.15, 0.2) is 0 Å². The summed E-state index contributed by atoms with van der Waals surface area (Å²) in [6, 6.07) is 5.89. The molecule has 80 valence electrons. The second kappa shape index (κ2) is 3.35. The zero-order chi connectivity index (χ0) is 10.4. The molecule has 3 rings (SSSR count). The van der Waals surface area contributed by atoms with Crippen molar-refractivity contribution in [3.63, 3.8) is 0 Å². The van der Waals surface area contributed by atoms with Crippen molar-refractivity contribution in [2.24, 2.45) is 0 Å². The molecule has 2 saturated heterocycles. The second-order valence-corrected chi connectivity index (χ2v) is 4.68. The van der Waals surface area contributed by atoms with Crippen LogP contribution in [0.5, 0.6) is 0 Å². The van der Waals surface area contributed by atoms with Gasteiger partial charge in [0.25, 0.3) is 0 Å². The molecule has 0 aliphatic carbocycles. The highest BCUT2D eigenvalue weighted by Crippen LogP contribution is 2.32. The molecule has 0 aromatic heterocycles. The van der Waals surface area contributed by atoms with Gasteiger partial charge < -0.3 is 10.2 Å². The van der Waals surface area contributed by atoms with E-state index in [9.17, 15) is 4.39 Å². The molecule has 1 aromatic carbocycles. The van der Waals surface area contributed by atoms with Crippen LogP contribution in [0.4, 0.5) is 10.1 Å². The molecule has 2 nitrogen and oxygen atoms in total. The van der Waals surface area contributed by atoms with Crippen LogP contribution in [0.3, 0.4) is 0 Å². The summed E-state index contributed by atoms with van der Waals surface area (Å²) in [7, 11) is 0. The van der Waals surface area contributed by atoms with Crippen molar-refractivity contribution < 1.29 is 4.39 Å². The van der Waals surface area contributed by atoms with Crippen LogP contribution in [0, 0.1) is 5.82 Å². The molecule has 2 aliphatic heterocycles. The molecule has 0 spiro atoms. The fraction of sp³-hybridized carbons (Fsp3) is 0.455. The number of anilines is 1. The SMILES string of the molecule is Fc1cc(Cl)ccc1N1C[C@H]2C[C@@H]1CN2. The minimum Gasteiger partial charge on any atom is -0.363 e. The van der Waals surface area contributed by atoms with Crippen molar-refractivity contribution in [2.75, 3.05) is 18.0 Å². The van der Waals surface area contributed by atoms with Crippen LogP contribution in [0.25, 0.3) is 0 Å². The summed E-state index contributed by atoms with van der Waals surface area (Å²) < 4.78 is 13.7. The number of hydrogen-bond acceptors (Lipinski definition) is 2. The molecule has 4 heteroatoms. The highest BCUT2D eigenvalue weighted by atomic mass is 35.5. The highest BCUT2D eigenvalue weighted by molar-refractivity contribution is 6.30. The molecule has 2 atom stereocenters. The lowest BCUT2D eigenvalue weighted by Gasteiger charge is -2.29. The first-order valence-electron chi connectivity index (χ1n) is 5.19. The molecule has 0 saturated carbocycles. The first-order chi connectivity index (χ1) is 7.24. The van der Waals surface area contributed by atoms with Crippen LogP contribution in [0.2, 0.25) is 5.02 Å². The smallest absolute Gasteiger partial charge is 0.147 e. The summed E-state index contributed by atoms with van der Waals surface area (Å²) in [5, 5.41) is 3.85. The van der Waals surface area contributed by atoms with Crippen LogP contribution >= 0.6 is 11.6 Å². The molecule has 0 unspecified atom stereocenters. The number of halogens is 2. The molecule has 0 amide bonds. The summed E-state index contributed by atoms with van der Waals surface area (Å²) >= 11 is 5.73. The first kappa shape index (κ1) is 9.43. The minimum absolute atomic E-state index is 0.213. The predicted molar refractivity (Wildman–Crippen MR) is 59.0 cm³/mol. The average molecular weight is 227 g/mol. The second-order valence-electron chi connectivity index (χ2n) is 4.24. The number of nitrogens with zero attached hydrogens (tertiary/aromatic N) is 1. The van der Waals surface area contributed by atoms with E-state index in [2.05, 4.69) is 10.2 Å². The summed E-state index contributed by atoms with van der Waals surface area (Å²) in [5.74, 6) is -0.213. The van der Waals surface area contributed by atoms with Gasteiger partial charge in [0.05, 0.1) is 5.69 Å². The number of rotatable bonds is 1. The van der Waals surface area contributed by atoms with Crippen LogP contribution in [0.1, 0.15) is 6.42 Å². The topological polar surface area (TPSA) is 15.3 Å². The van der Waals surface area contributed by atoms with Crippen molar-refractivity contribution >= 4 is 17.3 Å². The van der Waals surface area contributed by atoms with Gasteiger partial charge >= 0.3 is 0 Å². The maximum Gasteiger partial charge on any atom is 0.147 e. The third-order valence-corrected chi connectivity index (χ3v) is 3.51. The Morgan fingerprint density at radius 1 is 1.47 bits per heavy atom. The number of benzene rings is 1. The zero-order valence-corrected chi connectivity index (χ0v) is 8.97. The number of nitrogens with one attached hydrogen (secondary N) is 1. The van der Waals surface area contributed by atoms with E-state index in [0.29, 0.717) is 22.8 Å². The lowest BCUT2D eigenvalue weighted by atomic mass is 10.2. The number of hydrogen-bond donors (Lipinski definition) is 1. The van der Waals surface area contributed by atoms with E-state index in [1.807, 2.05) is 0 Å². The van der Waals surface area contributed by atoms with Gasteiger partial charge in [-0.15, -0.1) is 0 Å². The highest BCUT2D eigenvalue weighted by Gasteiger charge is 2.38. The fourth-order valence-electron chi connectivity index (χ4n) is 2.57. The molecule has 15 heavy (non-hydrogen) atoms. The first-order valence-corrected chi connectivity index (χ1v) is 5.57. The van der Waals surface area contributed by atoms with Gasteiger partial charge in [-0.3, -0.25) is 0 Å². The summed E-state index contributed by atoms with van der Waals surface area (Å²) in [5.41, 5.74) is 0.688. The molecule has 2 aliphatic rings. The number of piperazine rings is 1. The van der Waals surface area contributed by atoms with Crippen molar-refractivity contribution in [3.8, 4) is 0 Å². The van der Waals surface area contributed by atoms with Gasteiger partial charge in [-0.05, 0) is 24.6 Å². The molecular formula is C11H12ClFN2. The Labute approximate surface area is 93.0 Å². The fourth-order valence-corrected chi connectivity index (χ4v) is 2.73. The van der Waals surface area contributed by atoms with E-state index in [-0.39, 0.29) is 5.82 Å². The van der Waals surface area contributed by atoms with Crippen LogP contribution in [-0.2, 0) is 0 Å². The zero-order valence-electron chi connectivity index (χ0n) is 8.21. The average Bonchev–Trinajstić information content (AvgIpc) is 2.78. The molecule has 0 radical (unpaired) electrons. The maximum absolute atomic E-state index is 13.7. The van der Waals surface area contributed by atoms with E-state index in [0.717, 1.165) is 19.5 Å². The minimum atomic E-state index is -0.213. The van der Waals surface area contributed by atoms with Gasteiger partial charge in [-0.25, -0.2) is 4.39 Å². The largest absolute Gasteiger partial charge is 0.363 e. The Bertz CT molecular complexity index is 396. The molecule has 1 aromatic rings. The Kier molecular flexibility index (Phi) is 2.11. The van der Waals surface area contributed by atoms with E-state index < -0.39 is 0 Å². The van der Waals surface area contributed by atoms with E-state index in [1.54, 1.807) is 12.1 Å². The molecular weight excluding hydrogens is 215 g/mol. The quantitative estimate of drug-likeness (QED) is 0.789. The van der Waals surface area contributed by atoms with Gasteiger partial charge in [0.1, 0.15) is 5.82 Å². The van der Waals surface area contributed by atoms with E-state index in [4.69, 9.17) is 11.6 Å². The summed E-state index contributed by atoms with van der Waals surface area (Å²) in [6.07, 6.45) is 1.13. The predicted octanol–water partition coefficient (Wildman–Crippen LogP) is 2.03. The Morgan fingerprint density at radius 2 is 2.33 bits per heavy atom. The Hall–Kier alpha value is -0.800. The molecule has 2 bridgehead atoms. The molecule has 2 heterocycles. The van der Waals surface area contributed by atoms with Gasteiger partial charge in [-0.2, -0.15) is 0 Å². The summed E-state index contributed by atoms with van der Waals surface area (Å²) in [4.78, 5) is 2.15. The van der Waals surface area contributed by atoms with Gasteiger partial charge in [0.2, 0.25) is 0 Å².